The fourth-order valence-electron chi connectivity index (χ4n) is 1.48. The Hall–Kier alpha value is -1.35. The highest BCUT2D eigenvalue weighted by atomic mass is 16.5. The molecule has 3 heteroatoms. The van der Waals surface area contributed by atoms with Gasteiger partial charge >= 0.3 is 0 Å². The molecule has 0 atom stereocenters. The van der Waals surface area contributed by atoms with Crippen molar-refractivity contribution in [2.75, 3.05) is 14.2 Å². The van der Waals surface area contributed by atoms with Gasteiger partial charge in [-0.15, -0.1) is 0 Å². The van der Waals surface area contributed by atoms with Crippen molar-refractivity contribution in [1.29, 1.82) is 0 Å². The van der Waals surface area contributed by atoms with E-state index in [1.54, 1.807) is 14.2 Å². The Balaban J connectivity index is 2.87. The van der Waals surface area contributed by atoms with Crippen molar-refractivity contribution in [3.63, 3.8) is 0 Å². The summed E-state index contributed by atoms with van der Waals surface area (Å²) in [7, 11) is 3.29. The van der Waals surface area contributed by atoms with Gasteiger partial charge in [-0.25, -0.2) is 0 Å². The monoisotopic (exact) mass is 208 g/mol. The molecule has 1 aromatic rings. The Morgan fingerprint density at radius 1 is 1.27 bits per heavy atom. The zero-order valence-corrected chi connectivity index (χ0v) is 9.16. The van der Waals surface area contributed by atoms with Gasteiger partial charge in [-0.05, 0) is 29.7 Å². The van der Waals surface area contributed by atoms with Crippen LogP contribution in [0.25, 0.3) is 0 Å². The number of methoxy groups -OCH3 is 2. The molecule has 82 valence electrons. The van der Waals surface area contributed by atoms with Crippen LogP contribution in [0.4, 0.5) is 0 Å². The number of rotatable bonds is 6. The summed E-state index contributed by atoms with van der Waals surface area (Å²) >= 11 is 0. The maximum absolute atomic E-state index is 10.3. The Morgan fingerprint density at radius 2 is 2.07 bits per heavy atom. The molecule has 1 rings (SSSR count). The zero-order valence-electron chi connectivity index (χ0n) is 9.16. The highest BCUT2D eigenvalue weighted by molar-refractivity contribution is 5.50. The van der Waals surface area contributed by atoms with Crippen LogP contribution >= 0.6 is 0 Å². The molecule has 15 heavy (non-hydrogen) atoms. The molecule has 1 aromatic carbocycles. The van der Waals surface area contributed by atoms with Gasteiger partial charge in [0.2, 0.25) is 0 Å². The zero-order chi connectivity index (χ0) is 11.1. The summed E-state index contributed by atoms with van der Waals surface area (Å²) in [4.78, 5) is 10.3. The summed E-state index contributed by atoms with van der Waals surface area (Å²) in [5.74, 6) is 0.817. The molecule has 0 aliphatic heterocycles. The van der Waals surface area contributed by atoms with E-state index in [1.165, 1.54) is 0 Å². The van der Waals surface area contributed by atoms with Crippen molar-refractivity contribution in [3.05, 3.63) is 29.3 Å². The molecule has 0 aromatic heterocycles. The van der Waals surface area contributed by atoms with Crippen LogP contribution in [0.15, 0.2) is 18.2 Å². The number of aldehydes is 1. The van der Waals surface area contributed by atoms with Crippen LogP contribution < -0.4 is 4.74 Å². The maximum atomic E-state index is 10.3. The van der Waals surface area contributed by atoms with E-state index in [2.05, 4.69) is 0 Å². The third kappa shape index (κ3) is 3.36. The molecule has 0 bridgehead atoms. The van der Waals surface area contributed by atoms with Gasteiger partial charge in [0.05, 0.1) is 13.7 Å². The summed E-state index contributed by atoms with van der Waals surface area (Å²) in [5, 5.41) is 0. The number of aryl methyl sites for hydroxylation is 1. The van der Waals surface area contributed by atoms with Gasteiger partial charge in [-0.3, -0.25) is 0 Å². The van der Waals surface area contributed by atoms with E-state index in [4.69, 9.17) is 9.47 Å². The minimum absolute atomic E-state index is 0.545. The predicted octanol–water partition coefficient (Wildman–Crippen LogP) is 1.97. The van der Waals surface area contributed by atoms with Gasteiger partial charge in [0, 0.05) is 13.5 Å². The predicted molar refractivity (Wildman–Crippen MR) is 58.1 cm³/mol. The maximum Gasteiger partial charge on any atom is 0.120 e. The lowest BCUT2D eigenvalue weighted by atomic mass is 10.0. The molecule has 0 amide bonds. The molecule has 0 unspecified atom stereocenters. The van der Waals surface area contributed by atoms with Gasteiger partial charge < -0.3 is 14.3 Å². The topological polar surface area (TPSA) is 35.5 Å². The SMILES string of the molecule is COCc1cc(OC)ccc1CCC=O. The fraction of sp³-hybridized carbons (Fsp3) is 0.417. The lowest BCUT2D eigenvalue weighted by Crippen LogP contribution is -1.98. The number of benzene rings is 1. The summed E-state index contributed by atoms with van der Waals surface area (Å²) < 4.78 is 10.2. The minimum Gasteiger partial charge on any atom is -0.497 e. The second-order valence-corrected chi connectivity index (χ2v) is 3.27. The molecular formula is C12H16O3. The van der Waals surface area contributed by atoms with Crippen molar-refractivity contribution in [3.8, 4) is 5.75 Å². The van der Waals surface area contributed by atoms with E-state index in [9.17, 15) is 4.79 Å². The lowest BCUT2D eigenvalue weighted by Gasteiger charge is -2.09. The van der Waals surface area contributed by atoms with Crippen LogP contribution in [0, 0.1) is 0 Å². The van der Waals surface area contributed by atoms with Crippen molar-refractivity contribution in [1.82, 2.24) is 0 Å². The number of hydrogen-bond donors (Lipinski definition) is 0. The highest BCUT2D eigenvalue weighted by Gasteiger charge is 2.03. The molecule has 0 radical (unpaired) electrons. The summed E-state index contributed by atoms with van der Waals surface area (Å²) in [6.45, 7) is 0.547. The van der Waals surface area contributed by atoms with Crippen LogP contribution in [0.2, 0.25) is 0 Å². The van der Waals surface area contributed by atoms with Gasteiger partial charge in [0.1, 0.15) is 12.0 Å². The van der Waals surface area contributed by atoms with E-state index in [0.29, 0.717) is 13.0 Å². The van der Waals surface area contributed by atoms with E-state index in [1.807, 2.05) is 18.2 Å². The van der Waals surface area contributed by atoms with E-state index in [0.717, 1.165) is 29.6 Å². The highest BCUT2D eigenvalue weighted by Crippen LogP contribution is 2.19. The smallest absolute Gasteiger partial charge is 0.120 e. The van der Waals surface area contributed by atoms with Crippen LogP contribution in [-0.4, -0.2) is 20.5 Å². The Labute approximate surface area is 90.0 Å². The quantitative estimate of drug-likeness (QED) is 0.670. The molecule has 0 aliphatic carbocycles. The third-order valence-electron chi connectivity index (χ3n) is 2.24. The van der Waals surface area contributed by atoms with Gasteiger partial charge in [-0.1, -0.05) is 6.07 Å². The molecule has 0 aliphatic rings. The summed E-state index contributed by atoms with van der Waals surface area (Å²) in [6, 6.07) is 5.83. The Kier molecular flexibility index (Phi) is 4.84. The largest absolute Gasteiger partial charge is 0.497 e. The van der Waals surface area contributed by atoms with Crippen LogP contribution in [-0.2, 0) is 22.6 Å². The molecule has 0 N–H and O–H groups in total. The lowest BCUT2D eigenvalue weighted by molar-refractivity contribution is -0.107. The Bertz CT molecular complexity index is 321. The number of carbonyl (C=O) groups excluding carboxylic acids is 1. The van der Waals surface area contributed by atoms with Crippen LogP contribution in [0.1, 0.15) is 17.5 Å². The van der Waals surface area contributed by atoms with Gasteiger partial charge in [-0.2, -0.15) is 0 Å². The molecule has 0 fully saturated rings. The first-order chi connectivity index (χ1) is 7.31. The van der Waals surface area contributed by atoms with Crippen molar-refractivity contribution >= 4 is 6.29 Å². The molecule has 0 heterocycles. The molecule has 0 saturated carbocycles. The first-order valence-corrected chi connectivity index (χ1v) is 4.90. The average molecular weight is 208 g/mol. The van der Waals surface area contributed by atoms with Gasteiger partial charge in [0.25, 0.3) is 0 Å². The number of carbonyl (C=O) groups is 1. The summed E-state index contributed by atoms with van der Waals surface area (Å²) in [6.07, 6.45) is 2.23. The molecule has 0 saturated heterocycles. The minimum atomic E-state index is 0.545. The first-order valence-electron chi connectivity index (χ1n) is 4.90. The van der Waals surface area contributed by atoms with Crippen molar-refractivity contribution < 1.29 is 14.3 Å². The molecular weight excluding hydrogens is 192 g/mol. The summed E-state index contributed by atoms with van der Waals surface area (Å²) in [5.41, 5.74) is 2.23. The van der Waals surface area contributed by atoms with Crippen molar-refractivity contribution in [2.24, 2.45) is 0 Å². The van der Waals surface area contributed by atoms with Crippen LogP contribution in [0.5, 0.6) is 5.75 Å². The third-order valence-corrected chi connectivity index (χ3v) is 2.24. The van der Waals surface area contributed by atoms with Crippen LogP contribution in [0.3, 0.4) is 0 Å². The standard InChI is InChI=1S/C12H16O3/c1-14-9-11-8-12(15-2)6-5-10(11)4-3-7-13/h5-8H,3-4,9H2,1-2H3. The number of ether oxygens (including phenoxy) is 2. The van der Waals surface area contributed by atoms with Gasteiger partial charge in [0.15, 0.2) is 0 Å². The second-order valence-electron chi connectivity index (χ2n) is 3.27. The van der Waals surface area contributed by atoms with Crippen molar-refractivity contribution in [2.45, 2.75) is 19.4 Å². The normalized spacial score (nSPS) is 10.0. The fourth-order valence-corrected chi connectivity index (χ4v) is 1.48. The second kappa shape index (κ2) is 6.19. The van der Waals surface area contributed by atoms with E-state index >= 15 is 0 Å². The molecule has 0 spiro atoms. The number of hydrogen-bond acceptors (Lipinski definition) is 3. The van der Waals surface area contributed by atoms with E-state index in [-0.39, 0.29) is 0 Å². The average Bonchev–Trinajstić information content (AvgIpc) is 2.27. The first kappa shape index (κ1) is 11.7. The van der Waals surface area contributed by atoms with E-state index < -0.39 is 0 Å². The Morgan fingerprint density at radius 3 is 2.67 bits per heavy atom. The molecule has 3 nitrogen and oxygen atoms in total.